The van der Waals surface area contributed by atoms with Crippen LogP contribution in [0.1, 0.15) is 33.1 Å². The van der Waals surface area contributed by atoms with Gasteiger partial charge in [0, 0.05) is 23.4 Å². The fourth-order valence-corrected chi connectivity index (χ4v) is 3.68. The molecule has 82 valence electrons. The molecule has 2 nitrogen and oxygen atoms in total. The van der Waals surface area contributed by atoms with Gasteiger partial charge in [0.15, 0.2) is 0 Å². The van der Waals surface area contributed by atoms with E-state index in [2.05, 4.69) is 36.2 Å². The van der Waals surface area contributed by atoms with Crippen LogP contribution >= 0.6 is 11.8 Å². The first-order chi connectivity index (χ1) is 6.66. The molecular formula is C11H22N2S. The zero-order valence-corrected chi connectivity index (χ0v) is 10.1. The summed E-state index contributed by atoms with van der Waals surface area (Å²) in [6.07, 6.45) is 3.94. The molecule has 2 aliphatic heterocycles. The molecule has 0 aliphatic carbocycles. The van der Waals surface area contributed by atoms with Gasteiger partial charge in [-0.1, -0.05) is 0 Å². The second-order valence-corrected chi connectivity index (χ2v) is 6.38. The monoisotopic (exact) mass is 214 g/mol. The standard InChI is InChI=1S/C11H22N2S/c1-11(2)7-9(3-5-12-11)13-10-4-6-14-8-10/h9-10,12-13H,3-8H2,1-2H3. The largest absolute Gasteiger partial charge is 0.312 e. The summed E-state index contributed by atoms with van der Waals surface area (Å²) >= 11 is 2.09. The first-order valence-electron chi connectivity index (χ1n) is 5.74. The van der Waals surface area contributed by atoms with Crippen molar-refractivity contribution in [2.45, 2.75) is 50.7 Å². The summed E-state index contributed by atoms with van der Waals surface area (Å²) in [5.41, 5.74) is 0.335. The van der Waals surface area contributed by atoms with Crippen LogP contribution in [-0.4, -0.2) is 35.7 Å². The van der Waals surface area contributed by atoms with Crippen LogP contribution < -0.4 is 10.6 Å². The lowest BCUT2D eigenvalue weighted by atomic mass is 9.89. The van der Waals surface area contributed by atoms with Crippen molar-refractivity contribution in [2.75, 3.05) is 18.1 Å². The van der Waals surface area contributed by atoms with E-state index in [1.54, 1.807) is 0 Å². The summed E-state index contributed by atoms with van der Waals surface area (Å²) in [5, 5.41) is 7.38. The van der Waals surface area contributed by atoms with Crippen LogP contribution in [0.15, 0.2) is 0 Å². The minimum Gasteiger partial charge on any atom is -0.312 e. The lowest BCUT2D eigenvalue weighted by molar-refractivity contribution is 0.238. The Bertz CT molecular complexity index is 188. The third kappa shape index (κ3) is 2.88. The Kier molecular flexibility index (Phi) is 3.40. The van der Waals surface area contributed by atoms with Crippen LogP contribution in [0.4, 0.5) is 0 Å². The molecule has 0 saturated carbocycles. The predicted octanol–water partition coefficient (Wildman–Crippen LogP) is 1.61. The van der Waals surface area contributed by atoms with E-state index < -0.39 is 0 Å². The Morgan fingerprint density at radius 2 is 2.14 bits per heavy atom. The molecule has 2 saturated heterocycles. The van der Waals surface area contributed by atoms with Gasteiger partial charge in [0.05, 0.1) is 0 Å². The van der Waals surface area contributed by atoms with E-state index in [1.165, 1.54) is 37.3 Å². The van der Waals surface area contributed by atoms with Crippen molar-refractivity contribution in [3.05, 3.63) is 0 Å². The van der Waals surface area contributed by atoms with Crippen molar-refractivity contribution in [1.29, 1.82) is 0 Å². The number of hydrogen-bond donors (Lipinski definition) is 2. The lowest BCUT2D eigenvalue weighted by Gasteiger charge is -2.38. The summed E-state index contributed by atoms with van der Waals surface area (Å²) in [7, 11) is 0. The van der Waals surface area contributed by atoms with Crippen molar-refractivity contribution >= 4 is 11.8 Å². The Balaban J connectivity index is 1.79. The SMILES string of the molecule is CC1(C)CC(NC2CCSC2)CCN1. The van der Waals surface area contributed by atoms with Gasteiger partial charge in [0.25, 0.3) is 0 Å². The van der Waals surface area contributed by atoms with Crippen molar-refractivity contribution in [3.8, 4) is 0 Å². The Labute approximate surface area is 91.6 Å². The zero-order valence-electron chi connectivity index (χ0n) is 9.31. The molecule has 0 radical (unpaired) electrons. The van der Waals surface area contributed by atoms with E-state index in [0.717, 1.165) is 12.1 Å². The molecule has 2 aliphatic rings. The van der Waals surface area contributed by atoms with Crippen LogP contribution in [0.5, 0.6) is 0 Å². The van der Waals surface area contributed by atoms with Crippen molar-refractivity contribution < 1.29 is 0 Å². The van der Waals surface area contributed by atoms with E-state index in [1.807, 2.05) is 0 Å². The highest BCUT2D eigenvalue weighted by atomic mass is 32.2. The molecule has 0 aromatic heterocycles. The molecule has 0 bridgehead atoms. The number of piperidine rings is 1. The van der Waals surface area contributed by atoms with Gasteiger partial charge in [-0.25, -0.2) is 0 Å². The molecule has 14 heavy (non-hydrogen) atoms. The minimum absolute atomic E-state index is 0.335. The maximum absolute atomic E-state index is 3.81. The molecule has 0 aromatic rings. The summed E-state index contributed by atoms with van der Waals surface area (Å²) in [4.78, 5) is 0. The maximum Gasteiger partial charge on any atom is 0.0168 e. The highest BCUT2D eigenvalue weighted by molar-refractivity contribution is 7.99. The molecule has 2 atom stereocenters. The van der Waals surface area contributed by atoms with E-state index in [9.17, 15) is 0 Å². The molecule has 2 N–H and O–H groups in total. The lowest BCUT2D eigenvalue weighted by Crippen LogP contribution is -2.53. The summed E-state index contributed by atoms with van der Waals surface area (Å²) in [6, 6.07) is 1.54. The molecule has 3 heteroatoms. The Morgan fingerprint density at radius 3 is 2.79 bits per heavy atom. The Hall–Kier alpha value is 0.270. The highest BCUT2D eigenvalue weighted by Gasteiger charge is 2.29. The van der Waals surface area contributed by atoms with Crippen LogP contribution in [0.2, 0.25) is 0 Å². The molecule has 0 aromatic carbocycles. The van der Waals surface area contributed by atoms with Crippen LogP contribution in [0.25, 0.3) is 0 Å². The highest BCUT2D eigenvalue weighted by Crippen LogP contribution is 2.22. The number of thioether (sulfide) groups is 1. The molecular weight excluding hydrogens is 192 g/mol. The summed E-state index contributed by atoms with van der Waals surface area (Å²) in [6.45, 7) is 5.79. The van der Waals surface area contributed by atoms with Crippen molar-refractivity contribution in [1.82, 2.24) is 10.6 Å². The van der Waals surface area contributed by atoms with Crippen LogP contribution in [0, 0.1) is 0 Å². The predicted molar refractivity (Wildman–Crippen MR) is 64.0 cm³/mol. The minimum atomic E-state index is 0.335. The van der Waals surface area contributed by atoms with E-state index in [0.29, 0.717) is 5.54 Å². The molecule has 2 fully saturated rings. The molecule has 2 unspecified atom stereocenters. The van der Waals surface area contributed by atoms with Crippen LogP contribution in [0.3, 0.4) is 0 Å². The third-order valence-corrected chi connectivity index (χ3v) is 4.42. The maximum atomic E-state index is 3.81. The summed E-state index contributed by atoms with van der Waals surface area (Å²) in [5.74, 6) is 2.68. The van der Waals surface area contributed by atoms with Gasteiger partial charge in [-0.15, -0.1) is 0 Å². The van der Waals surface area contributed by atoms with Gasteiger partial charge in [0.2, 0.25) is 0 Å². The first kappa shape index (κ1) is 10.8. The van der Waals surface area contributed by atoms with Gasteiger partial charge in [-0.05, 0) is 45.4 Å². The van der Waals surface area contributed by atoms with Gasteiger partial charge < -0.3 is 10.6 Å². The van der Waals surface area contributed by atoms with Gasteiger partial charge >= 0.3 is 0 Å². The topological polar surface area (TPSA) is 24.1 Å². The molecule has 0 amide bonds. The number of nitrogens with one attached hydrogen (secondary N) is 2. The second kappa shape index (κ2) is 4.42. The zero-order chi connectivity index (χ0) is 10.0. The van der Waals surface area contributed by atoms with Crippen LogP contribution in [-0.2, 0) is 0 Å². The third-order valence-electron chi connectivity index (χ3n) is 3.25. The van der Waals surface area contributed by atoms with Gasteiger partial charge in [0.1, 0.15) is 0 Å². The summed E-state index contributed by atoms with van der Waals surface area (Å²) < 4.78 is 0. The normalized spacial score (nSPS) is 37.3. The number of hydrogen-bond acceptors (Lipinski definition) is 3. The quantitative estimate of drug-likeness (QED) is 0.730. The molecule has 0 spiro atoms. The Morgan fingerprint density at radius 1 is 1.29 bits per heavy atom. The molecule has 2 heterocycles. The van der Waals surface area contributed by atoms with E-state index in [-0.39, 0.29) is 0 Å². The fraction of sp³-hybridized carbons (Fsp3) is 1.00. The number of rotatable bonds is 2. The smallest absolute Gasteiger partial charge is 0.0168 e. The average molecular weight is 214 g/mol. The second-order valence-electron chi connectivity index (χ2n) is 5.23. The molecule has 2 rings (SSSR count). The van der Waals surface area contributed by atoms with E-state index >= 15 is 0 Å². The first-order valence-corrected chi connectivity index (χ1v) is 6.90. The van der Waals surface area contributed by atoms with E-state index in [4.69, 9.17) is 0 Å². The van der Waals surface area contributed by atoms with Crippen molar-refractivity contribution in [3.63, 3.8) is 0 Å². The van der Waals surface area contributed by atoms with Crippen molar-refractivity contribution in [2.24, 2.45) is 0 Å². The van der Waals surface area contributed by atoms with Gasteiger partial charge in [-0.2, -0.15) is 11.8 Å². The van der Waals surface area contributed by atoms with Gasteiger partial charge in [-0.3, -0.25) is 0 Å². The fourth-order valence-electron chi connectivity index (χ4n) is 2.52. The average Bonchev–Trinajstić information content (AvgIpc) is 2.54.